The highest BCUT2D eigenvalue weighted by Gasteiger charge is 2.18. The van der Waals surface area contributed by atoms with E-state index >= 15 is 0 Å². The van der Waals surface area contributed by atoms with Crippen LogP contribution in [0.15, 0.2) is 59.5 Å². The molecule has 146 valence electrons. The molecule has 0 spiro atoms. The minimum Gasteiger partial charge on any atom is -0.354 e. The molecule has 0 bridgehead atoms. The number of hydrogen-bond donors (Lipinski definition) is 2. The number of benzene rings is 2. The molecule has 0 radical (unpaired) electrons. The lowest BCUT2D eigenvalue weighted by Gasteiger charge is -2.24. The van der Waals surface area contributed by atoms with Crippen LogP contribution in [0.3, 0.4) is 0 Å². The van der Waals surface area contributed by atoms with Crippen LogP contribution in [0, 0.1) is 0 Å². The number of nitrogens with zero attached hydrogens (tertiary/aromatic N) is 2. The molecule has 0 saturated heterocycles. The Hall–Kier alpha value is -2.00. The smallest absolute Gasteiger partial charge is 0.242 e. The Morgan fingerprint density at radius 3 is 2.30 bits per heavy atom. The summed E-state index contributed by atoms with van der Waals surface area (Å²) in [6, 6.07) is 16.7. The minimum absolute atomic E-state index is 0.00916. The zero-order valence-corrected chi connectivity index (χ0v) is 17.6. The number of anilines is 1. The van der Waals surface area contributed by atoms with Crippen LogP contribution in [-0.2, 0) is 10.0 Å². The predicted octanol–water partition coefficient (Wildman–Crippen LogP) is 2.53. The van der Waals surface area contributed by atoms with Gasteiger partial charge in [-0.15, -0.1) is 0 Å². The van der Waals surface area contributed by atoms with E-state index in [1.165, 1.54) is 18.4 Å². The van der Waals surface area contributed by atoms with Crippen molar-refractivity contribution in [1.29, 1.82) is 0 Å². The third kappa shape index (κ3) is 6.00. The molecule has 2 aromatic rings. The van der Waals surface area contributed by atoms with Crippen LogP contribution in [0.5, 0.6) is 0 Å². The van der Waals surface area contributed by atoms with Crippen molar-refractivity contribution in [3.63, 3.8) is 0 Å². The van der Waals surface area contributed by atoms with E-state index in [-0.39, 0.29) is 10.9 Å². The topological polar surface area (TPSA) is 64.7 Å². The summed E-state index contributed by atoms with van der Waals surface area (Å²) in [4.78, 5) is 2.30. The molecule has 0 aliphatic rings. The van der Waals surface area contributed by atoms with Gasteiger partial charge in [-0.2, -0.15) is 0 Å². The standard InChI is InChI=1S/C19H26N4O2S2/c1-22(2)14-18(15-9-6-5-7-10-15)21-19(26)20-16-11-8-12-17(13-16)27(24,25)23(3)4/h5-13,18H,14H2,1-4H3,(H2,20,21,26)/t18-/m1/s1. The van der Waals surface area contributed by atoms with Gasteiger partial charge in [0.05, 0.1) is 10.9 Å². The Kier molecular flexibility index (Phi) is 7.32. The molecular weight excluding hydrogens is 380 g/mol. The van der Waals surface area contributed by atoms with Gasteiger partial charge in [-0.3, -0.25) is 0 Å². The van der Waals surface area contributed by atoms with Crippen molar-refractivity contribution in [3.8, 4) is 0 Å². The summed E-state index contributed by atoms with van der Waals surface area (Å²) in [5, 5.41) is 6.83. The molecule has 0 aliphatic heterocycles. The van der Waals surface area contributed by atoms with E-state index in [2.05, 4.69) is 15.5 Å². The molecule has 1 atom stereocenters. The van der Waals surface area contributed by atoms with E-state index in [9.17, 15) is 8.42 Å². The van der Waals surface area contributed by atoms with Crippen LogP contribution in [0.2, 0.25) is 0 Å². The highest BCUT2D eigenvalue weighted by Crippen LogP contribution is 2.19. The largest absolute Gasteiger partial charge is 0.354 e. The first-order chi connectivity index (χ1) is 12.7. The molecule has 0 saturated carbocycles. The molecule has 0 amide bonds. The summed E-state index contributed by atoms with van der Waals surface area (Å²) < 4.78 is 25.8. The van der Waals surface area contributed by atoms with Gasteiger partial charge in [-0.1, -0.05) is 36.4 Å². The summed E-state index contributed by atoms with van der Waals surface area (Å²) in [7, 11) is 3.53. The fraction of sp³-hybridized carbons (Fsp3) is 0.316. The monoisotopic (exact) mass is 406 g/mol. The van der Waals surface area contributed by atoms with Crippen LogP contribution >= 0.6 is 12.2 Å². The molecule has 2 N–H and O–H groups in total. The van der Waals surface area contributed by atoms with Crippen molar-refractivity contribution in [2.75, 3.05) is 40.1 Å². The van der Waals surface area contributed by atoms with Gasteiger partial charge in [0.15, 0.2) is 5.11 Å². The first-order valence-electron chi connectivity index (χ1n) is 8.50. The van der Waals surface area contributed by atoms with Crippen molar-refractivity contribution >= 4 is 33.0 Å². The minimum atomic E-state index is -3.49. The van der Waals surface area contributed by atoms with Gasteiger partial charge in [0.2, 0.25) is 10.0 Å². The maximum absolute atomic E-state index is 12.3. The average molecular weight is 407 g/mol. The molecule has 8 heteroatoms. The van der Waals surface area contributed by atoms with Crippen LogP contribution < -0.4 is 10.6 Å². The Morgan fingerprint density at radius 2 is 1.70 bits per heavy atom. The Balaban J connectivity index is 2.14. The molecule has 2 aromatic carbocycles. The second-order valence-electron chi connectivity index (χ2n) is 6.64. The molecule has 6 nitrogen and oxygen atoms in total. The van der Waals surface area contributed by atoms with Gasteiger partial charge < -0.3 is 15.5 Å². The number of likely N-dealkylation sites (N-methyl/N-ethyl adjacent to an activating group) is 1. The highest BCUT2D eigenvalue weighted by molar-refractivity contribution is 7.89. The Labute approximate surface area is 167 Å². The zero-order valence-electron chi connectivity index (χ0n) is 16.0. The van der Waals surface area contributed by atoms with Crippen molar-refractivity contribution in [1.82, 2.24) is 14.5 Å². The first-order valence-corrected chi connectivity index (χ1v) is 10.3. The number of thiocarbonyl (C=S) groups is 1. The lowest BCUT2D eigenvalue weighted by Crippen LogP contribution is -2.37. The molecular formula is C19H26N4O2S2. The summed E-state index contributed by atoms with van der Waals surface area (Å²) >= 11 is 5.45. The summed E-state index contributed by atoms with van der Waals surface area (Å²) in [6.45, 7) is 0.765. The second kappa shape index (κ2) is 9.27. The fourth-order valence-electron chi connectivity index (χ4n) is 2.56. The van der Waals surface area contributed by atoms with Crippen LogP contribution in [0.4, 0.5) is 5.69 Å². The fourth-order valence-corrected chi connectivity index (χ4v) is 3.76. The van der Waals surface area contributed by atoms with Crippen molar-refractivity contribution in [2.24, 2.45) is 0 Å². The quantitative estimate of drug-likeness (QED) is 0.689. The molecule has 0 unspecified atom stereocenters. The van der Waals surface area contributed by atoms with E-state index in [4.69, 9.17) is 12.2 Å². The van der Waals surface area contributed by atoms with E-state index < -0.39 is 10.0 Å². The molecule has 0 fully saturated rings. The molecule has 0 aromatic heterocycles. The van der Waals surface area contributed by atoms with Gasteiger partial charge in [0, 0.05) is 26.3 Å². The molecule has 2 rings (SSSR count). The Morgan fingerprint density at radius 1 is 1.04 bits per heavy atom. The van der Waals surface area contributed by atoms with Crippen molar-refractivity contribution < 1.29 is 8.42 Å². The van der Waals surface area contributed by atoms with Gasteiger partial charge in [0.25, 0.3) is 0 Å². The average Bonchev–Trinajstić information content (AvgIpc) is 2.61. The molecule has 0 aliphatic carbocycles. The highest BCUT2D eigenvalue weighted by atomic mass is 32.2. The van der Waals surface area contributed by atoms with Crippen molar-refractivity contribution in [3.05, 3.63) is 60.2 Å². The van der Waals surface area contributed by atoms with Gasteiger partial charge in [0.1, 0.15) is 0 Å². The third-order valence-corrected chi connectivity index (χ3v) is 5.96. The van der Waals surface area contributed by atoms with Crippen molar-refractivity contribution in [2.45, 2.75) is 10.9 Å². The van der Waals surface area contributed by atoms with Gasteiger partial charge in [-0.05, 0) is 50.1 Å². The SMILES string of the molecule is CN(C)C[C@@H](NC(=S)Nc1cccc(S(=O)(=O)N(C)C)c1)c1ccccc1. The molecule has 0 heterocycles. The lowest BCUT2D eigenvalue weighted by atomic mass is 10.1. The van der Waals surface area contributed by atoms with Gasteiger partial charge in [-0.25, -0.2) is 12.7 Å². The summed E-state index contributed by atoms with van der Waals surface area (Å²) in [5.74, 6) is 0. The van der Waals surface area contributed by atoms with Crippen LogP contribution in [0.25, 0.3) is 0 Å². The second-order valence-corrected chi connectivity index (χ2v) is 9.20. The predicted molar refractivity (Wildman–Crippen MR) is 114 cm³/mol. The third-order valence-electron chi connectivity index (χ3n) is 3.93. The van der Waals surface area contributed by atoms with E-state index in [0.717, 1.165) is 12.1 Å². The zero-order chi connectivity index (χ0) is 20.0. The summed E-state index contributed by atoms with van der Waals surface area (Å²) in [6.07, 6.45) is 0. The van der Waals surface area contributed by atoms with E-state index in [1.807, 2.05) is 44.4 Å². The number of hydrogen-bond acceptors (Lipinski definition) is 4. The molecule has 27 heavy (non-hydrogen) atoms. The maximum Gasteiger partial charge on any atom is 0.242 e. The van der Waals surface area contributed by atoms with Crippen LogP contribution in [-0.4, -0.2) is 57.5 Å². The number of sulfonamides is 1. The van der Waals surface area contributed by atoms with Gasteiger partial charge >= 0.3 is 0 Å². The summed E-state index contributed by atoms with van der Waals surface area (Å²) in [5.41, 5.74) is 1.74. The number of rotatable bonds is 7. The maximum atomic E-state index is 12.3. The van der Waals surface area contributed by atoms with Crippen LogP contribution in [0.1, 0.15) is 11.6 Å². The normalized spacial score (nSPS) is 12.8. The Bertz CT molecular complexity index is 868. The number of nitrogens with one attached hydrogen (secondary N) is 2. The van der Waals surface area contributed by atoms with E-state index in [0.29, 0.717) is 10.8 Å². The lowest BCUT2D eigenvalue weighted by molar-refractivity contribution is 0.363. The van der Waals surface area contributed by atoms with E-state index in [1.54, 1.807) is 24.3 Å². The first kappa shape index (κ1) is 21.3.